The quantitative estimate of drug-likeness (QED) is 0.414. The van der Waals surface area contributed by atoms with Crippen molar-refractivity contribution in [3.05, 3.63) is 53.3 Å². The normalized spacial score (nSPS) is 16.5. The third kappa shape index (κ3) is 6.61. The lowest BCUT2D eigenvalue weighted by Crippen LogP contribution is -2.38. The van der Waals surface area contributed by atoms with Crippen molar-refractivity contribution < 1.29 is 22.7 Å². The summed E-state index contributed by atoms with van der Waals surface area (Å²) in [6.07, 6.45) is 5.37. The number of unbranched alkanes of at least 4 members (excludes halogenated alkanes) is 2. The number of fused-ring (bicyclic) bond motifs is 1. The van der Waals surface area contributed by atoms with E-state index in [1.165, 1.54) is 12.1 Å². The molecule has 0 spiro atoms. The minimum Gasteiger partial charge on any atom is -0.480 e. The average molecular weight is 505 g/mol. The fourth-order valence-corrected chi connectivity index (χ4v) is 7.17. The van der Waals surface area contributed by atoms with Crippen LogP contribution in [0.5, 0.6) is 0 Å². The van der Waals surface area contributed by atoms with Gasteiger partial charge in [0.25, 0.3) is 0 Å². The minimum atomic E-state index is -3.66. The molecule has 0 aliphatic carbocycles. The molecule has 0 fully saturated rings. The maximum Gasteiger partial charge on any atom is 0.317 e. The summed E-state index contributed by atoms with van der Waals surface area (Å²) in [5.74, 6) is -1.29. The zero-order chi connectivity index (χ0) is 25.6. The van der Waals surface area contributed by atoms with Crippen molar-refractivity contribution >= 4 is 27.2 Å². The zero-order valence-electron chi connectivity index (χ0n) is 20.9. The highest BCUT2D eigenvalue weighted by molar-refractivity contribution is 7.91. The molecule has 0 aromatic heterocycles. The van der Waals surface area contributed by atoms with Crippen molar-refractivity contribution in [1.82, 2.24) is 5.32 Å². The number of rotatable bonds is 11. The summed E-state index contributed by atoms with van der Waals surface area (Å²) in [6, 6.07) is 9.86. The van der Waals surface area contributed by atoms with Crippen LogP contribution in [-0.4, -0.2) is 38.3 Å². The number of carboxylic acid groups (broad SMARTS) is 1. The van der Waals surface area contributed by atoms with Crippen molar-refractivity contribution in [2.24, 2.45) is 5.41 Å². The maximum absolute atomic E-state index is 14.3. The molecule has 1 heterocycles. The molecule has 0 unspecified atom stereocenters. The molecule has 0 saturated heterocycles. The van der Waals surface area contributed by atoms with E-state index in [-0.39, 0.29) is 29.6 Å². The Morgan fingerprint density at radius 1 is 1.14 bits per heavy atom. The van der Waals surface area contributed by atoms with Crippen LogP contribution in [0.15, 0.2) is 41.3 Å². The highest BCUT2D eigenvalue weighted by Gasteiger charge is 2.42. The molecule has 3 rings (SSSR count). The third-order valence-corrected chi connectivity index (χ3v) is 8.86. The first kappa shape index (κ1) is 27.1. The molecule has 0 radical (unpaired) electrons. The van der Waals surface area contributed by atoms with E-state index in [0.717, 1.165) is 49.7 Å². The molecule has 192 valence electrons. The Balaban J connectivity index is 2.18. The number of aliphatic carboxylic acids is 1. The van der Waals surface area contributed by atoms with Crippen molar-refractivity contribution in [3.63, 3.8) is 0 Å². The van der Waals surface area contributed by atoms with Gasteiger partial charge in [0, 0.05) is 24.2 Å². The molecule has 0 bridgehead atoms. The maximum atomic E-state index is 14.3. The van der Waals surface area contributed by atoms with E-state index in [2.05, 4.69) is 19.2 Å². The van der Waals surface area contributed by atoms with Crippen molar-refractivity contribution in [2.45, 2.75) is 70.7 Å². The predicted molar refractivity (Wildman–Crippen MR) is 137 cm³/mol. The van der Waals surface area contributed by atoms with Gasteiger partial charge in [-0.25, -0.2) is 12.8 Å². The SMILES string of the molecule is CCCCC1(CCCC)CN(c2cccc(F)c2)c2cc(C)c(CNCC(=O)O)cc2S(=O)(=O)C1. The highest BCUT2D eigenvalue weighted by atomic mass is 32.2. The number of nitrogens with zero attached hydrogens (tertiary/aromatic N) is 1. The van der Waals surface area contributed by atoms with E-state index in [1.54, 1.807) is 12.1 Å². The summed E-state index contributed by atoms with van der Waals surface area (Å²) in [7, 11) is -3.66. The number of benzene rings is 2. The van der Waals surface area contributed by atoms with Crippen LogP contribution in [-0.2, 0) is 21.2 Å². The van der Waals surface area contributed by atoms with Crippen molar-refractivity contribution in [2.75, 3.05) is 23.7 Å². The Bertz CT molecular complexity index is 1140. The molecule has 6 nitrogen and oxygen atoms in total. The number of aryl methyl sites for hydroxylation is 1. The molecule has 0 atom stereocenters. The van der Waals surface area contributed by atoms with E-state index in [4.69, 9.17) is 5.11 Å². The number of carbonyl (C=O) groups is 1. The van der Waals surface area contributed by atoms with Crippen molar-refractivity contribution in [1.29, 1.82) is 0 Å². The second-order valence-electron chi connectivity index (χ2n) is 9.78. The number of halogens is 1. The van der Waals surface area contributed by atoms with Crippen LogP contribution in [0.4, 0.5) is 15.8 Å². The van der Waals surface area contributed by atoms with Gasteiger partial charge in [0.15, 0.2) is 9.84 Å². The van der Waals surface area contributed by atoms with Crippen LogP contribution in [0.2, 0.25) is 0 Å². The number of anilines is 2. The topological polar surface area (TPSA) is 86.7 Å². The molecule has 1 aliphatic heterocycles. The summed E-state index contributed by atoms with van der Waals surface area (Å²) in [6.45, 7) is 6.64. The number of hydrogen-bond acceptors (Lipinski definition) is 5. The second-order valence-corrected chi connectivity index (χ2v) is 11.7. The van der Waals surface area contributed by atoms with E-state index in [0.29, 0.717) is 17.9 Å². The molecule has 0 saturated carbocycles. The van der Waals surface area contributed by atoms with Crippen LogP contribution in [0, 0.1) is 18.2 Å². The zero-order valence-corrected chi connectivity index (χ0v) is 21.8. The Kier molecular flexibility index (Phi) is 8.94. The molecule has 0 amide bonds. The minimum absolute atomic E-state index is 0.0455. The van der Waals surface area contributed by atoms with Crippen LogP contribution >= 0.6 is 0 Å². The number of carboxylic acids is 1. The molecule has 2 N–H and O–H groups in total. The monoisotopic (exact) mass is 504 g/mol. The first-order chi connectivity index (χ1) is 16.6. The molecule has 8 heteroatoms. The number of hydrogen-bond donors (Lipinski definition) is 2. The van der Waals surface area contributed by atoms with E-state index < -0.39 is 21.2 Å². The number of nitrogens with one attached hydrogen (secondary N) is 1. The molecule has 2 aromatic rings. The van der Waals surface area contributed by atoms with Gasteiger partial charge in [-0.05, 0) is 61.2 Å². The Morgan fingerprint density at radius 2 is 1.83 bits per heavy atom. The molecule has 2 aromatic carbocycles. The first-order valence-corrected chi connectivity index (χ1v) is 14.1. The summed E-state index contributed by atoms with van der Waals surface area (Å²) in [4.78, 5) is 13.1. The Morgan fingerprint density at radius 3 is 2.43 bits per heavy atom. The van der Waals surface area contributed by atoms with Crippen molar-refractivity contribution in [3.8, 4) is 0 Å². The average Bonchev–Trinajstić information content (AvgIpc) is 2.89. The molecule has 35 heavy (non-hydrogen) atoms. The molecular formula is C27H37FN2O4S. The van der Waals surface area contributed by atoms with Gasteiger partial charge in [-0.15, -0.1) is 0 Å². The summed E-state index contributed by atoms with van der Waals surface area (Å²) in [5, 5.41) is 11.8. The van der Waals surface area contributed by atoms with E-state index in [1.807, 2.05) is 24.0 Å². The van der Waals surface area contributed by atoms with Gasteiger partial charge in [0.2, 0.25) is 0 Å². The summed E-state index contributed by atoms with van der Waals surface area (Å²) in [5.41, 5.74) is 2.34. The van der Waals surface area contributed by atoms with Gasteiger partial charge < -0.3 is 15.3 Å². The van der Waals surface area contributed by atoms with Gasteiger partial charge in [0.1, 0.15) is 5.82 Å². The van der Waals surface area contributed by atoms with Gasteiger partial charge >= 0.3 is 5.97 Å². The summed E-state index contributed by atoms with van der Waals surface area (Å²) < 4.78 is 42.1. The first-order valence-electron chi connectivity index (χ1n) is 12.4. The fraction of sp³-hybridized carbons (Fsp3) is 0.519. The van der Waals surface area contributed by atoms with Crippen LogP contribution in [0.25, 0.3) is 0 Å². The van der Waals surface area contributed by atoms with Crippen LogP contribution in [0.1, 0.15) is 63.5 Å². The largest absolute Gasteiger partial charge is 0.480 e. The van der Waals surface area contributed by atoms with E-state index >= 15 is 0 Å². The fourth-order valence-electron chi connectivity index (χ4n) is 5.02. The Hall–Kier alpha value is -2.45. The molecular weight excluding hydrogens is 467 g/mol. The van der Waals surface area contributed by atoms with Gasteiger partial charge in [-0.2, -0.15) is 0 Å². The lowest BCUT2D eigenvalue weighted by molar-refractivity contribution is -0.136. The van der Waals surface area contributed by atoms with E-state index in [9.17, 15) is 17.6 Å². The number of sulfone groups is 1. The Labute approximate surface area is 208 Å². The predicted octanol–water partition coefficient (Wildman–Crippen LogP) is 5.60. The van der Waals surface area contributed by atoms with Crippen LogP contribution in [0.3, 0.4) is 0 Å². The lowest BCUT2D eigenvalue weighted by atomic mass is 9.79. The van der Waals surface area contributed by atoms with Gasteiger partial charge in [-0.3, -0.25) is 4.79 Å². The lowest BCUT2D eigenvalue weighted by Gasteiger charge is -2.37. The second kappa shape index (κ2) is 11.5. The van der Waals surface area contributed by atoms with Gasteiger partial charge in [0.05, 0.1) is 22.9 Å². The van der Waals surface area contributed by atoms with Crippen LogP contribution < -0.4 is 10.2 Å². The highest BCUT2D eigenvalue weighted by Crippen LogP contribution is 2.45. The van der Waals surface area contributed by atoms with Gasteiger partial charge in [-0.1, -0.05) is 45.6 Å². The third-order valence-electron chi connectivity index (χ3n) is 6.87. The molecule has 1 aliphatic rings. The standard InChI is InChI=1S/C27H37FN2O4S/c1-4-6-11-27(12-7-5-2)18-30(23-10-8-9-22(28)15-23)24-13-20(3)21(16-29-17-26(31)32)14-25(24)35(33,34)19-27/h8-10,13-15,29H,4-7,11-12,16-19H2,1-3H3,(H,31,32). The smallest absolute Gasteiger partial charge is 0.317 e. The summed E-state index contributed by atoms with van der Waals surface area (Å²) >= 11 is 0.